The summed E-state index contributed by atoms with van der Waals surface area (Å²) in [5, 5.41) is 0. The standard InChI is InChI=1S/C29H33N3O4/c1-35-26-12-7-10-24(18-26)22-36-27-19-31(17-15-23-8-3-2-4-9-23)29(34)21-32(20-27)28(33)14-13-25-11-5-6-16-30-25/h2-12,16,18,27H,13-15,17,19-22H2,1H3/t27-/m1/s1. The molecule has 0 unspecified atom stereocenters. The van der Waals surface area contributed by atoms with Gasteiger partial charge >= 0.3 is 0 Å². The van der Waals surface area contributed by atoms with E-state index in [9.17, 15) is 9.59 Å². The maximum Gasteiger partial charge on any atom is 0.242 e. The van der Waals surface area contributed by atoms with E-state index in [-0.39, 0.29) is 24.5 Å². The molecule has 0 spiro atoms. The highest BCUT2D eigenvalue weighted by Crippen LogP contribution is 2.17. The first-order chi connectivity index (χ1) is 17.6. The second-order valence-corrected chi connectivity index (χ2v) is 8.96. The molecule has 0 bridgehead atoms. The smallest absolute Gasteiger partial charge is 0.242 e. The minimum atomic E-state index is -0.294. The van der Waals surface area contributed by atoms with Crippen LogP contribution >= 0.6 is 0 Å². The van der Waals surface area contributed by atoms with E-state index in [4.69, 9.17) is 9.47 Å². The lowest BCUT2D eigenvalue weighted by Crippen LogP contribution is -2.40. The van der Waals surface area contributed by atoms with Crippen molar-refractivity contribution < 1.29 is 19.1 Å². The van der Waals surface area contributed by atoms with Crippen molar-refractivity contribution >= 4 is 11.8 Å². The number of rotatable bonds is 10. The Kier molecular flexibility index (Phi) is 9.05. The number of benzene rings is 2. The van der Waals surface area contributed by atoms with Crippen molar-refractivity contribution in [3.63, 3.8) is 0 Å². The van der Waals surface area contributed by atoms with E-state index in [1.807, 2.05) is 65.6 Å². The van der Waals surface area contributed by atoms with Gasteiger partial charge in [0.2, 0.25) is 11.8 Å². The molecule has 4 rings (SSSR count). The zero-order valence-electron chi connectivity index (χ0n) is 20.7. The number of nitrogens with zero attached hydrogens (tertiary/aromatic N) is 3. The predicted octanol–water partition coefficient (Wildman–Crippen LogP) is 3.52. The van der Waals surface area contributed by atoms with Crippen molar-refractivity contribution in [2.24, 2.45) is 0 Å². The normalized spacial score (nSPS) is 16.0. The van der Waals surface area contributed by atoms with Crippen LogP contribution < -0.4 is 4.74 Å². The van der Waals surface area contributed by atoms with Gasteiger partial charge in [-0.05, 0) is 48.2 Å². The number of aryl methyl sites for hydroxylation is 1. The van der Waals surface area contributed by atoms with E-state index in [2.05, 4.69) is 17.1 Å². The number of amides is 2. The molecule has 7 nitrogen and oxygen atoms in total. The Morgan fingerprint density at radius 2 is 1.78 bits per heavy atom. The third-order valence-electron chi connectivity index (χ3n) is 6.33. The lowest BCUT2D eigenvalue weighted by Gasteiger charge is -2.25. The monoisotopic (exact) mass is 487 g/mol. The van der Waals surface area contributed by atoms with Crippen molar-refractivity contribution in [1.29, 1.82) is 0 Å². The van der Waals surface area contributed by atoms with Gasteiger partial charge in [-0.25, -0.2) is 0 Å². The molecular weight excluding hydrogens is 454 g/mol. The molecule has 2 heterocycles. The minimum Gasteiger partial charge on any atom is -0.497 e. The number of carbonyl (C=O) groups excluding carboxylic acids is 2. The van der Waals surface area contributed by atoms with Gasteiger partial charge in [0, 0.05) is 37.9 Å². The van der Waals surface area contributed by atoms with Gasteiger partial charge in [0.05, 0.1) is 26.4 Å². The first kappa shape index (κ1) is 25.4. The summed E-state index contributed by atoms with van der Waals surface area (Å²) in [6, 6.07) is 23.5. The van der Waals surface area contributed by atoms with Crippen molar-refractivity contribution in [2.45, 2.75) is 32.0 Å². The molecule has 3 aromatic rings. The quantitative estimate of drug-likeness (QED) is 0.438. The summed E-state index contributed by atoms with van der Waals surface area (Å²) in [6.45, 7) is 1.84. The Hall–Kier alpha value is -3.71. The molecule has 1 fully saturated rings. The van der Waals surface area contributed by atoms with E-state index in [0.29, 0.717) is 39.1 Å². The molecule has 0 N–H and O–H groups in total. The van der Waals surface area contributed by atoms with Gasteiger partial charge in [-0.15, -0.1) is 0 Å². The number of hydrogen-bond donors (Lipinski definition) is 0. The van der Waals surface area contributed by atoms with Crippen molar-refractivity contribution in [3.05, 3.63) is 95.8 Å². The first-order valence-electron chi connectivity index (χ1n) is 12.3. The molecule has 1 aromatic heterocycles. The lowest BCUT2D eigenvalue weighted by molar-refractivity contribution is -0.138. The van der Waals surface area contributed by atoms with Crippen LogP contribution in [0.1, 0.15) is 23.2 Å². The van der Waals surface area contributed by atoms with Crippen LogP contribution in [-0.4, -0.2) is 66.0 Å². The maximum atomic E-state index is 13.2. The van der Waals surface area contributed by atoms with E-state index >= 15 is 0 Å². The third-order valence-corrected chi connectivity index (χ3v) is 6.33. The van der Waals surface area contributed by atoms with Crippen LogP contribution in [0.2, 0.25) is 0 Å². The molecule has 36 heavy (non-hydrogen) atoms. The van der Waals surface area contributed by atoms with Crippen LogP contribution in [-0.2, 0) is 33.8 Å². The fourth-order valence-electron chi connectivity index (χ4n) is 4.31. The molecule has 0 aliphatic carbocycles. The van der Waals surface area contributed by atoms with E-state index in [0.717, 1.165) is 23.4 Å². The summed E-state index contributed by atoms with van der Waals surface area (Å²) in [5.74, 6) is 0.654. The molecule has 188 valence electrons. The fourth-order valence-corrected chi connectivity index (χ4v) is 4.31. The first-order valence-corrected chi connectivity index (χ1v) is 12.3. The van der Waals surface area contributed by atoms with E-state index in [1.54, 1.807) is 18.2 Å². The van der Waals surface area contributed by atoms with Crippen LogP contribution in [0.25, 0.3) is 0 Å². The highest BCUT2D eigenvalue weighted by Gasteiger charge is 2.30. The second kappa shape index (κ2) is 12.8. The predicted molar refractivity (Wildman–Crippen MR) is 137 cm³/mol. The largest absolute Gasteiger partial charge is 0.497 e. The fraction of sp³-hybridized carbons (Fsp3) is 0.345. The Labute approximate surface area is 212 Å². The van der Waals surface area contributed by atoms with Crippen LogP contribution in [0.3, 0.4) is 0 Å². The average molecular weight is 488 g/mol. The van der Waals surface area contributed by atoms with Gasteiger partial charge in [-0.3, -0.25) is 14.6 Å². The minimum absolute atomic E-state index is 0.0513. The molecular formula is C29H33N3O4. The zero-order chi connectivity index (χ0) is 25.2. The van der Waals surface area contributed by atoms with Gasteiger partial charge in [0.1, 0.15) is 5.75 Å². The van der Waals surface area contributed by atoms with Crippen molar-refractivity contribution in [3.8, 4) is 5.75 Å². The van der Waals surface area contributed by atoms with Gasteiger partial charge < -0.3 is 19.3 Å². The van der Waals surface area contributed by atoms with E-state index in [1.165, 1.54) is 5.56 Å². The van der Waals surface area contributed by atoms with Gasteiger partial charge in [0.15, 0.2) is 0 Å². The number of hydrogen-bond acceptors (Lipinski definition) is 5. The summed E-state index contributed by atoms with van der Waals surface area (Å²) in [6.07, 6.45) is 3.02. The average Bonchev–Trinajstić information content (AvgIpc) is 3.09. The molecule has 1 atom stereocenters. The Morgan fingerprint density at radius 1 is 0.972 bits per heavy atom. The summed E-state index contributed by atoms with van der Waals surface area (Å²) in [7, 11) is 1.63. The van der Waals surface area contributed by atoms with Crippen LogP contribution in [0.5, 0.6) is 5.75 Å². The number of pyridine rings is 1. The molecule has 2 aromatic carbocycles. The zero-order valence-corrected chi connectivity index (χ0v) is 20.7. The molecule has 7 heteroatoms. The van der Waals surface area contributed by atoms with Crippen LogP contribution in [0, 0.1) is 0 Å². The summed E-state index contributed by atoms with van der Waals surface area (Å²) in [4.78, 5) is 34.1. The summed E-state index contributed by atoms with van der Waals surface area (Å²) < 4.78 is 11.6. The third kappa shape index (κ3) is 7.39. The molecule has 1 saturated heterocycles. The van der Waals surface area contributed by atoms with Gasteiger partial charge in [-0.1, -0.05) is 48.5 Å². The number of aromatic nitrogens is 1. The molecule has 0 radical (unpaired) electrons. The second-order valence-electron chi connectivity index (χ2n) is 8.96. The highest BCUT2D eigenvalue weighted by molar-refractivity contribution is 5.85. The van der Waals surface area contributed by atoms with Crippen molar-refractivity contribution in [2.75, 3.05) is 33.3 Å². The Balaban J connectivity index is 1.43. The maximum absolute atomic E-state index is 13.2. The summed E-state index contributed by atoms with van der Waals surface area (Å²) in [5.41, 5.74) is 3.02. The van der Waals surface area contributed by atoms with Gasteiger partial charge in [-0.2, -0.15) is 0 Å². The molecule has 1 aliphatic rings. The number of carbonyl (C=O) groups is 2. The number of ether oxygens (including phenoxy) is 2. The SMILES string of the molecule is COc1cccc(CO[C@@H]2CN(CCc3ccccc3)C(=O)CN(C(=O)CCc3ccccn3)C2)c1. The van der Waals surface area contributed by atoms with E-state index < -0.39 is 0 Å². The van der Waals surface area contributed by atoms with Crippen molar-refractivity contribution in [1.82, 2.24) is 14.8 Å². The highest BCUT2D eigenvalue weighted by atomic mass is 16.5. The molecule has 0 saturated carbocycles. The topological polar surface area (TPSA) is 72.0 Å². The van der Waals surface area contributed by atoms with Crippen LogP contribution in [0.4, 0.5) is 0 Å². The molecule has 1 aliphatic heterocycles. The number of methoxy groups -OCH3 is 1. The Bertz CT molecular complexity index is 1120. The Morgan fingerprint density at radius 3 is 2.56 bits per heavy atom. The summed E-state index contributed by atoms with van der Waals surface area (Å²) >= 11 is 0. The van der Waals surface area contributed by atoms with Crippen LogP contribution in [0.15, 0.2) is 79.0 Å². The lowest BCUT2D eigenvalue weighted by atomic mass is 10.1. The molecule has 2 amide bonds. The van der Waals surface area contributed by atoms with Gasteiger partial charge in [0.25, 0.3) is 0 Å².